The van der Waals surface area contributed by atoms with E-state index in [2.05, 4.69) is 4.98 Å². The van der Waals surface area contributed by atoms with Crippen LogP contribution in [-0.4, -0.2) is 13.4 Å². The highest BCUT2D eigenvalue weighted by Crippen LogP contribution is 2.26. The average Bonchev–Trinajstić information content (AvgIpc) is 2.48. The van der Waals surface area contributed by atoms with E-state index in [1.165, 1.54) is 24.3 Å². The van der Waals surface area contributed by atoms with E-state index in [0.29, 0.717) is 10.5 Å². The molecule has 0 aliphatic heterocycles. The van der Waals surface area contributed by atoms with Crippen molar-refractivity contribution in [3.05, 3.63) is 65.8 Å². The second-order valence-corrected chi connectivity index (χ2v) is 6.31. The van der Waals surface area contributed by atoms with E-state index in [1.54, 1.807) is 24.4 Å². The van der Waals surface area contributed by atoms with Gasteiger partial charge in [-0.15, -0.1) is 0 Å². The van der Waals surface area contributed by atoms with Gasteiger partial charge in [-0.25, -0.2) is 0 Å². The van der Waals surface area contributed by atoms with Crippen molar-refractivity contribution in [2.45, 2.75) is 4.90 Å². The summed E-state index contributed by atoms with van der Waals surface area (Å²) >= 11 is 5.75. The Morgan fingerprint density at radius 3 is 2.43 bits per heavy atom. The zero-order valence-corrected chi connectivity index (χ0v) is 12.3. The van der Waals surface area contributed by atoms with E-state index in [-0.39, 0.29) is 10.6 Å². The van der Waals surface area contributed by atoms with Gasteiger partial charge in [-0.05, 0) is 36.4 Å². The zero-order chi connectivity index (χ0) is 14.9. The van der Waals surface area contributed by atoms with Gasteiger partial charge in [0.25, 0.3) is 0 Å². The molecule has 2 aromatic carbocycles. The molecule has 0 spiro atoms. The lowest BCUT2D eigenvalue weighted by atomic mass is 10.2. The van der Waals surface area contributed by atoms with Crippen molar-refractivity contribution >= 4 is 32.6 Å². The summed E-state index contributed by atoms with van der Waals surface area (Å²) in [5.41, 5.74) is 0.498. The summed E-state index contributed by atoms with van der Waals surface area (Å²) in [6.07, 6.45) is 1.59. The smallest absolute Gasteiger partial charge is 0.339 e. The Labute approximate surface area is 127 Å². The van der Waals surface area contributed by atoms with Crippen LogP contribution in [0.15, 0.2) is 65.7 Å². The van der Waals surface area contributed by atoms with Crippen LogP contribution in [0.5, 0.6) is 5.75 Å². The van der Waals surface area contributed by atoms with Crippen molar-refractivity contribution < 1.29 is 12.6 Å². The van der Waals surface area contributed by atoms with Crippen LogP contribution in [0, 0.1) is 0 Å². The van der Waals surface area contributed by atoms with Gasteiger partial charge in [0.15, 0.2) is 5.75 Å². The van der Waals surface area contributed by atoms with Gasteiger partial charge in [-0.3, -0.25) is 4.98 Å². The molecule has 3 aromatic rings. The second-order valence-electron chi connectivity index (χ2n) is 4.32. The molecule has 4 nitrogen and oxygen atoms in total. The Kier molecular flexibility index (Phi) is 3.53. The standard InChI is InChI=1S/C15H10ClNO3S/c16-12-6-8-13(9-7-12)21(18,19)20-14-5-1-3-11-4-2-10-17-15(11)14/h1-10H. The Bertz CT molecular complexity index is 887. The van der Waals surface area contributed by atoms with E-state index < -0.39 is 10.1 Å². The van der Waals surface area contributed by atoms with Crippen molar-refractivity contribution in [3.8, 4) is 5.75 Å². The minimum absolute atomic E-state index is 0.0415. The molecule has 106 valence electrons. The van der Waals surface area contributed by atoms with Crippen LogP contribution in [0.25, 0.3) is 10.9 Å². The fraction of sp³-hybridized carbons (Fsp3) is 0. The van der Waals surface area contributed by atoms with Crippen LogP contribution in [0.1, 0.15) is 0 Å². The number of nitrogens with zero attached hydrogens (tertiary/aromatic N) is 1. The lowest BCUT2D eigenvalue weighted by molar-refractivity contribution is 0.488. The summed E-state index contributed by atoms with van der Waals surface area (Å²) < 4.78 is 29.7. The highest BCUT2D eigenvalue weighted by molar-refractivity contribution is 7.87. The molecule has 1 heterocycles. The molecular weight excluding hydrogens is 310 g/mol. The second kappa shape index (κ2) is 5.35. The first kappa shape index (κ1) is 13.9. The molecular formula is C15H10ClNO3S. The van der Waals surface area contributed by atoms with Gasteiger partial charge in [0.05, 0.1) is 0 Å². The number of pyridine rings is 1. The van der Waals surface area contributed by atoms with Gasteiger partial charge in [0.1, 0.15) is 10.4 Å². The molecule has 0 radical (unpaired) electrons. The highest BCUT2D eigenvalue weighted by Gasteiger charge is 2.18. The predicted molar refractivity (Wildman–Crippen MR) is 81.0 cm³/mol. The molecule has 0 amide bonds. The first-order valence-corrected chi connectivity index (χ1v) is 7.89. The first-order chi connectivity index (χ1) is 10.1. The van der Waals surface area contributed by atoms with E-state index in [9.17, 15) is 8.42 Å². The van der Waals surface area contributed by atoms with Gasteiger partial charge in [0.2, 0.25) is 0 Å². The van der Waals surface area contributed by atoms with Crippen molar-refractivity contribution in [1.82, 2.24) is 4.98 Å². The molecule has 0 N–H and O–H groups in total. The number of para-hydroxylation sites is 1. The molecule has 6 heteroatoms. The number of fused-ring (bicyclic) bond motifs is 1. The summed E-state index contributed by atoms with van der Waals surface area (Å²) in [5.74, 6) is 0.197. The molecule has 3 rings (SSSR count). The molecule has 0 aliphatic carbocycles. The summed E-state index contributed by atoms with van der Waals surface area (Å²) in [7, 11) is -3.92. The number of benzene rings is 2. The summed E-state index contributed by atoms with van der Waals surface area (Å²) in [6, 6.07) is 14.5. The Hall–Kier alpha value is -2.11. The number of halogens is 1. The third kappa shape index (κ3) is 2.84. The predicted octanol–water partition coefficient (Wildman–Crippen LogP) is 3.66. The monoisotopic (exact) mass is 319 g/mol. The quantitative estimate of drug-likeness (QED) is 0.691. The third-order valence-corrected chi connectivity index (χ3v) is 4.40. The number of aromatic nitrogens is 1. The summed E-state index contributed by atoms with van der Waals surface area (Å²) in [4.78, 5) is 4.20. The summed E-state index contributed by atoms with van der Waals surface area (Å²) in [6.45, 7) is 0. The van der Waals surface area contributed by atoms with Crippen LogP contribution >= 0.6 is 11.6 Å². The fourth-order valence-corrected chi connectivity index (χ4v) is 2.97. The number of hydrogen-bond donors (Lipinski definition) is 0. The molecule has 0 aliphatic rings. The van der Waals surface area contributed by atoms with Gasteiger partial charge in [-0.1, -0.05) is 29.8 Å². The van der Waals surface area contributed by atoms with Crippen LogP contribution in [-0.2, 0) is 10.1 Å². The topological polar surface area (TPSA) is 56.3 Å². The molecule has 0 unspecified atom stereocenters. The van der Waals surface area contributed by atoms with Crippen molar-refractivity contribution in [2.24, 2.45) is 0 Å². The van der Waals surface area contributed by atoms with E-state index >= 15 is 0 Å². The minimum Gasteiger partial charge on any atom is -0.377 e. The molecule has 0 saturated carbocycles. The fourth-order valence-electron chi connectivity index (χ4n) is 1.91. The molecule has 1 aromatic heterocycles. The normalized spacial score (nSPS) is 11.5. The highest BCUT2D eigenvalue weighted by atomic mass is 35.5. The van der Waals surface area contributed by atoms with Gasteiger partial charge < -0.3 is 4.18 Å². The van der Waals surface area contributed by atoms with Gasteiger partial charge >= 0.3 is 10.1 Å². The van der Waals surface area contributed by atoms with Crippen LogP contribution in [0.3, 0.4) is 0 Å². The van der Waals surface area contributed by atoms with Gasteiger partial charge in [-0.2, -0.15) is 8.42 Å². The maximum absolute atomic E-state index is 12.3. The maximum atomic E-state index is 12.3. The number of hydrogen-bond acceptors (Lipinski definition) is 4. The SMILES string of the molecule is O=S(=O)(Oc1cccc2cccnc12)c1ccc(Cl)cc1. The van der Waals surface area contributed by atoms with E-state index in [4.69, 9.17) is 15.8 Å². The third-order valence-electron chi connectivity index (χ3n) is 2.90. The van der Waals surface area contributed by atoms with Crippen LogP contribution < -0.4 is 4.18 Å². The Morgan fingerprint density at radius 2 is 1.67 bits per heavy atom. The van der Waals surface area contributed by atoms with Crippen molar-refractivity contribution in [3.63, 3.8) is 0 Å². The average molecular weight is 320 g/mol. The Morgan fingerprint density at radius 1 is 0.952 bits per heavy atom. The zero-order valence-electron chi connectivity index (χ0n) is 10.7. The van der Waals surface area contributed by atoms with Crippen LogP contribution in [0.4, 0.5) is 0 Å². The molecule has 0 atom stereocenters. The van der Waals surface area contributed by atoms with Crippen molar-refractivity contribution in [1.29, 1.82) is 0 Å². The van der Waals surface area contributed by atoms with Crippen LogP contribution in [0.2, 0.25) is 5.02 Å². The Balaban J connectivity index is 2.03. The van der Waals surface area contributed by atoms with Crippen molar-refractivity contribution in [2.75, 3.05) is 0 Å². The molecule has 0 saturated heterocycles. The first-order valence-electron chi connectivity index (χ1n) is 6.10. The lowest BCUT2D eigenvalue weighted by Crippen LogP contribution is -2.10. The van der Waals surface area contributed by atoms with E-state index in [0.717, 1.165) is 5.39 Å². The molecule has 21 heavy (non-hydrogen) atoms. The lowest BCUT2D eigenvalue weighted by Gasteiger charge is -2.09. The largest absolute Gasteiger partial charge is 0.377 e. The maximum Gasteiger partial charge on any atom is 0.339 e. The number of rotatable bonds is 3. The van der Waals surface area contributed by atoms with Gasteiger partial charge in [0, 0.05) is 16.6 Å². The molecule has 0 bridgehead atoms. The summed E-state index contributed by atoms with van der Waals surface area (Å²) in [5, 5.41) is 1.27. The molecule has 0 fully saturated rings. The van der Waals surface area contributed by atoms with E-state index in [1.807, 2.05) is 12.1 Å². The minimum atomic E-state index is -3.92.